The van der Waals surface area contributed by atoms with E-state index < -0.39 is 0 Å². The Morgan fingerprint density at radius 2 is 1.90 bits per heavy atom. The van der Waals surface area contributed by atoms with E-state index in [2.05, 4.69) is 50.4 Å². The van der Waals surface area contributed by atoms with Gasteiger partial charge >= 0.3 is 0 Å². The van der Waals surface area contributed by atoms with Crippen molar-refractivity contribution >= 4 is 5.91 Å². The average molecular weight is 287 g/mol. The summed E-state index contributed by atoms with van der Waals surface area (Å²) >= 11 is 0. The molecule has 0 aromatic heterocycles. The Morgan fingerprint density at radius 1 is 1.24 bits per heavy atom. The molecule has 0 bridgehead atoms. The molecule has 2 atom stereocenters. The van der Waals surface area contributed by atoms with E-state index in [4.69, 9.17) is 0 Å². The number of fused-ring (bicyclic) bond motifs is 1. The van der Waals surface area contributed by atoms with Crippen LogP contribution in [0.3, 0.4) is 0 Å². The van der Waals surface area contributed by atoms with Crippen molar-refractivity contribution in [3.63, 3.8) is 0 Å². The first kappa shape index (κ1) is 16.1. The summed E-state index contributed by atoms with van der Waals surface area (Å²) < 4.78 is 0. The molecule has 1 aliphatic rings. The van der Waals surface area contributed by atoms with E-state index in [0.29, 0.717) is 5.92 Å². The SMILES string of the molecule is CC1Cc2ccccc2C(NC(=O)C(C)C)CC(C)(C)C1. The first-order chi connectivity index (χ1) is 9.78. The standard InChI is InChI=1S/C19H29NO/c1-13(2)18(21)20-17-12-19(4,5)11-14(3)10-15-8-6-7-9-16(15)17/h6-9,13-14,17H,10-12H2,1-5H3,(H,20,21). The van der Waals surface area contributed by atoms with Crippen molar-refractivity contribution in [1.82, 2.24) is 5.32 Å². The summed E-state index contributed by atoms with van der Waals surface area (Å²) in [5.41, 5.74) is 2.96. The molecule has 1 N–H and O–H groups in total. The Morgan fingerprint density at radius 3 is 2.57 bits per heavy atom. The summed E-state index contributed by atoms with van der Waals surface area (Å²) in [5.74, 6) is 0.867. The maximum absolute atomic E-state index is 12.2. The lowest BCUT2D eigenvalue weighted by molar-refractivity contribution is -0.125. The zero-order valence-electron chi connectivity index (χ0n) is 14.1. The van der Waals surface area contributed by atoms with Crippen LogP contribution >= 0.6 is 0 Å². The molecule has 0 fully saturated rings. The lowest BCUT2D eigenvalue weighted by Crippen LogP contribution is -2.36. The molecule has 1 aromatic carbocycles. The van der Waals surface area contributed by atoms with Gasteiger partial charge in [0.25, 0.3) is 0 Å². The molecular formula is C19H29NO. The van der Waals surface area contributed by atoms with Crippen LogP contribution in [0.1, 0.15) is 64.6 Å². The van der Waals surface area contributed by atoms with Crippen LogP contribution in [0.15, 0.2) is 24.3 Å². The van der Waals surface area contributed by atoms with E-state index in [1.807, 2.05) is 13.8 Å². The fraction of sp³-hybridized carbons (Fsp3) is 0.632. The van der Waals surface area contributed by atoms with Gasteiger partial charge in [0, 0.05) is 5.92 Å². The third-order valence-corrected chi connectivity index (χ3v) is 4.50. The number of benzene rings is 1. The highest BCUT2D eigenvalue weighted by molar-refractivity contribution is 5.78. The summed E-state index contributed by atoms with van der Waals surface area (Å²) in [6, 6.07) is 8.75. The molecule has 2 heteroatoms. The van der Waals surface area contributed by atoms with Gasteiger partial charge in [0.05, 0.1) is 6.04 Å². The normalized spacial score (nSPS) is 24.9. The number of rotatable bonds is 2. The number of hydrogen-bond acceptors (Lipinski definition) is 1. The lowest BCUT2D eigenvalue weighted by atomic mass is 9.72. The Bertz CT molecular complexity index is 504. The molecule has 2 rings (SSSR count). The van der Waals surface area contributed by atoms with Gasteiger partial charge in [-0.15, -0.1) is 0 Å². The summed E-state index contributed by atoms with van der Waals surface area (Å²) in [6.07, 6.45) is 3.32. The first-order valence-corrected chi connectivity index (χ1v) is 8.16. The molecule has 1 amide bonds. The van der Waals surface area contributed by atoms with Crippen LogP contribution < -0.4 is 5.32 Å². The number of hydrogen-bond donors (Lipinski definition) is 1. The van der Waals surface area contributed by atoms with Crippen LogP contribution in [0.4, 0.5) is 0 Å². The largest absolute Gasteiger partial charge is 0.349 e. The Kier molecular flexibility index (Phi) is 4.75. The van der Waals surface area contributed by atoms with Crippen molar-refractivity contribution in [3.8, 4) is 0 Å². The third-order valence-electron chi connectivity index (χ3n) is 4.50. The fourth-order valence-corrected chi connectivity index (χ4v) is 3.66. The predicted molar refractivity (Wildman–Crippen MR) is 88.0 cm³/mol. The predicted octanol–water partition coefficient (Wildman–Crippen LogP) is 4.50. The average Bonchev–Trinajstić information content (AvgIpc) is 2.35. The van der Waals surface area contributed by atoms with Crippen LogP contribution in [-0.4, -0.2) is 5.91 Å². The van der Waals surface area contributed by atoms with Crippen LogP contribution in [0.5, 0.6) is 0 Å². The van der Waals surface area contributed by atoms with Crippen molar-refractivity contribution in [2.24, 2.45) is 17.3 Å². The molecular weight excluding hydrogens is 258 g/mol. The first-order valence-electron chi connectivity index (χ1n) is 8.16. The monoisotopic (exact) mass is 287 g/mol. The van der Waals surface area contributed by atoms with E-state index in [0.717, 1.165) is 12.8 Å². The second-order valence-electron chi connectivity index (χ2n) is 7.80. The van der Waals surface area contributed by atoms with Crippen molar-refractivity contribution in [3.05, 3.63) is 35.4 Å². The summed E-state index contributed by atoms with van der Waals surface area (Å²) in [4.78, 5) is 12.2. The Labute approximate surface area is 129 Å². The maximum atomic E-state index is 12.2. The van der Waals surface area contributed by atoms with Crippen LogP contribution in [-0.2, 0) is 11.2 Å². The Balaban J connectivity index is 2.35. The van der Waals surface area contributed by atoms with Crippen LogP contribution in [0, 0.1) is 17.3 Å². The maximum Gasteiger partial charge on any atom is 0.223 e. The molecule has 2 unspecified atom stereocenters. The molecule has 0 spiro atoms. The van der Waals surface area contributed by atoms with E-state index in [-0.39, 0.29) is 23.3 Å². The van der Waals surface area contributed by atoms with Gasteiger partial charge in [-0.25, -0.2) is 0 Å². The molecule has 0 aliphatic heterocycles. The summed E-state index contributed by atoms with van der Waals surface area (Å²) in [7, 11) is 0. The number of carbonyl (C=O) groups excluding carboxylic acids is 1. The van der Waals surface area contributed by atoms with Gasteiger partial charge in [0.15, 0.2) is 0 Å². The molecule has 2 nitrogen and oxygen atoms in total. The molecule has 0 heterocycles. The molecule has 0 saturated carbocycles. The fourth-order valence-electron chi connectivity index (χ4n) is 3.66. The van der Waals surface area contributed by atoms with Gasteiger partial charge in [-0.2, -0.15) is 0 Å². The van der Waals surface area contributed by atoms with Gasteiger partial charge in [-0.3, -0.25) is 4.79 Å². The molecule has 1 aromatic rings. The van der Waals surface area contributed by atoms with E-state index in [9.17, 15) is 4.79 Å². The Hall–Kier alpha value is -1.31. The second-order valence-corrected chi connectivity index (χ2v) is 7.80. The van der Waals surface area contributed by atoms with Crippen molar-refractivity contribution < 1.29 is 4.79 Å². The van der Waals surface area contributed by atoms with Gasteiger partial charge in [0.2, 0.25) is 5.91 Å². The van der Waals surface area contributed by atoms with Gasteiger partial charge < -0.3 is 5.32 Å². The highest BCUT2D eigenvalue weighted by Gasteiger charge is 2.31. The highest BCUT2D eigenvalue weighted by Crippen LogP contribution is 2.40. The van der Waals surface area contributed by atoms with Crippen LogP contribution in [0.25, 0.3) is 0 Å². The van der Waals surface area contributed by atoms with Gasteiger partial charge in [-0.05, 0) is 41.7 Å². The van der Waals surface area contributed by atoms with Gasteiger partial charge in [0.1, 0.15) is 0 Å². The summed E-state index contributed by atoms with van der Waals surface area (Å²) in [6.45, 7) is 10.9. The zero-order chi connectivity index (χ0) is 15.6. The van der Waals surface area contributed by atoms with Crippen molar-refractivity contribution in [1.29, 1.82) is 0 Å². The zero-order valence-corrected chi connectivity index (χ0v) is 14.1. The van der Waals surface area contributed by atoms with Crippen molar-refractivity contribution in [2.75, 3.05) is 0 Å². The molecule has 0 radical (unpaired) electrons. The highest BCUT2D eigenvalue weighted by atomic mass is 16.1. The molecule has 1 aliphatic carbocycles. The lowest BCUT2D eigenvalue weighted by Gasteiger charge is -2.36. The minimum Gasteiger partial charge on any atom is -0.349 e. The number of nitrogens with one attached hydrogen (secondary N) is 1. The van der Waals surface area contributed by atoms with Crippen molar-refractivity contribution in [2.45, 2.75) is 59.9 Å². The topological polar surface area (TPSA) is 29.1 Å². The minimum atomic E-state index is 0.0321. The van der Waals surface area contributed by atoms with E-state index in [1.54, 1.807) is 0 Å². The molecule has 116 valence electrons. The quantitative estimate of drug-likeness (QED) is 0.852. The smallest absolute Gasteiger partial charge is 0.223 e. The minimum absolute atomic E-state index is 0.0321. The number of carbonyl (C=O) groups is 1. The van der Waals surface area contributed by atoms with Gasteiger partial charge in [-0.1, -0.05) is 58.9 Å². The molecule has 21 heavy (non-hydrogen) atoms. The second kappa shape index (κ2) is 6.21. The van der Waals surface area contributed by atoms with E-state index >= 15 is 0 Å². The number of amides is 1. The summed E-state index contributed by atoms with van der Waals surface area (Å²) in [5, 5.41) is 3.27. The molecule has 0 saturated heterocycles. The third kappa shape index (κ3) is 4.09. The van der Waals surface area contributed by atoms with Crippen LogP contribution in [0.2, 0.25) is 0 Å². The van der Waals surface area contributed by atoms with E-state index in [1.165, 1.54) is 17.5 Å².